The Morgan fingerprint density at radius 2 is 2.08 bits per heavy atom. The zero-order valence-electron chi connectivity index (χ0n) is 13.6. The first-order valence-corrected chi connectivity index (χ1v) is 8.03. The first-order chi connectivity index (χ1) is 12.0. The van der Waals surface area contributed by atoms with E-state index in [1.54, 1.807) is 11.1 Å². The molecule has 7 heteroatoms. The van der Waals surface area contributed by atoms with Crippen molar-refractivity contribution in [3.63, 3.8) is 0 Å². The van der Waals surface area contributed by atoms with Crippen LogP contribution >= 0.6 is 0 Å². The van der Waals surface area contributed by atoms with E-state index >= 15 is 0 Å². The molecule has 2 heterocycles. The van der Waals surface area contributed by atoms with E-state index in [4.69, 9.17) is 9.47 Å². The predicted molar refractivity (Wildman–Crippen MR) is 86.1 cm³/mol. The van der Waals surface area contributed by atoms with Crippen molar-refractivity contribution in [3.8, 4) is 5.75 Å². The van der Waals surface area contributed by atoms with Gasteiger partial charge in [-0.2, -0.15) is 13.2 Å². The van der Waals surface area contributed by atoms with Gasteiger partial charge in [-0.1, -0.05) is 18.2 Å². The number of morpholine rings is 1. The van der Waals surface area contributed by atoms with Gasteiger partial charge >= 0.3 is 6.18 Å². The lowest BCUT2D eigenvalue weighted by molar-refractivity contribution is -0.237. The molecule has 3 rings (SSSR count). The summed E-state index contributed by atoms with van der Waals surface area (Å²) in [7, 11) is 0. The summed E-state index contributed by atoms with van der Waals surface area (Å²) in [4.78, 5) is 5.94. The molecule has 134 valence electrons. The van der Waals surface area contributed by atoms with E-state index in [1.807, 2.05) is 42.5 Å². The summed E-state index contributed by atoms with van der Waals surface area (Å²) < 4.78 is 48.9. The molecular formula is C18H19F3N2O2. The number of benzene rings is 1. The van der Waals surface area contributed by atoms with Crippen molar-refractivity contribution in [2.24, 2.45) is 0 Å². The molecule has 1 aliphatic heterocycles. The highest BCUT2D eigenvalue weighted by Crippen LogP contribution is 2.26. The van der Waals surface area contributed by atoms with Gasteiger partial charge in [0.15, 0.2) is 6.10 Å². The van der Waals surface area contributed by atoms with Crippen LogP contribution in [0.5, 0.6) is 5.75 Å². The molecule has 1 unspecified atom stereocenters. The topological polar surface area (TPSA) is 34.6 Å². The van der Waals surface area contributed by atoms with Crippen molar-refractivity contribution in [1.82, 2.24) is 9.88 Å². The summed E-state index contributed by atoms with van der Waals surface area (Å²) in [5.74, 6) is 0.670. The first kappa shape index (κ1) is 17.7. The summed E-state index contributed by atoms with van der Waals surface area (Å²) in [6.07, 6.45) is -4.35. The molecule has 0 spiro atoms. The normalized spacial score (nSPS) is 18.9. The SMILES string of the molecule is FC(F)(F)C1CN(Cc2cccc(OCc3ccccn3)c2)CCO1. The molecule has 0 amide bonds. The van der Waals surface area contributed by atoms with Gasteiger partial charge in [-0.3, -0.25) is 9.88 Å². The van der Waals surface area contributed by atoms with Crippen molar-refractivity contribution in [2.45, 2.75) is 25.4 Å². The summed E-state index contributed by atoms with van der Waals surface area (Å²) in [5.41, 5.74) is 1.72. The Balaban J connectivity index is 1.58. The molecule has 2 aromatic rings. The van der Waals surface area contributed by atoms with Crippen LogP contribution in [0.2, 0.25) is 0 Å². The number of pyridine rings is 1. The highest BCUT2D eigenvalue weighted by atomic mass is 19.4. The maximum Gasteiger partial charge on any atom is 0.415 e. The molecule has 1 saturated heterocycles. The zero-order valence-corrected chi connectivity index (χ0v) is 13.6. The Hall–Kier alpha value is -2.12. The maximum atomic E-state index is 12.8. The van der Waals surface area contributed by atoms with E-state index in [0.717, 1.165) is 11.3 Å². The maximum absolute atomic E-state index is 12.8. The van der Waals surface area contributed by atoms with E-state index in [1.165, 1.54) is 0 Å². The predicted octanol–water partition coefficient (Wildman–Crippen LogP) is 3.42. The molecular weight excluding hydrogens is 333 g/mol. The van der Waals surface area contributed by atoms with Crippen LogP contribution in [-0.4, -0.2) is 41.9 Å². The molecule has 0 N–H and O–H groups in total. The summed E-state index contributed by atoms with van der Waals surface area (Å²) >= 11 is 0. The fourth-order valence-electron chi connectivity index (χ4n) is 2.68. The van der Waals surface area contributed by atoms with Gasteiger partial charge in [0.2, 0.25) is 0 Å². The Kier molecular flexibility index (Phi) is 5.55. The van der Waals surface area contributed by atoms with E-state index in [2.05, 4.69) is 4.98 Å². The lowest BCUT2D eigenvalue weighted by atomic mass is 10.1. The molecule has 1 aromatic carbocycles. The van der Waals surface area contributed by atoms with Gasteiger partial charge in [0.05, 0.1) is 12.3 Å². The largest absolute Gasteiger partial charge is 0.487 e. The van der Waals surface area contributed by atoms with Crippen molar-refractivity contribution < 1.29 is 22.6 Å². The second-order valence-corrected chi connectivity index (χ2v) is 5.89. The van der Waals surface area contributed by atoms with Crippen LogP contribution in [0.25, 0.3) is 0 Å². The minimum absolute atomic E-state index is 0.0834. The summed E-state index contributed by atoms with van der Waals surface area (Å²) in [6.45, 7) is 1.18. The second kappa shape index (κ2) is 7.84. The Morgan fingerprint density at radius 3 is 2.84 bits per heavy atom. The van der Waals surface area contributed by atoms with Crippen LogP contribution in [-0.2, 0) is 17.9 Å². The van der Waals surface area contributed by atoms with Crippen molar-refractivity contribution in [2.75, 3.05) is 19.7 Å². The molecule has 1 fully saturated rings. The van der Waals surface area contributed by atoms with E-state index in [9.17, 15) is 13.2 Å². The van der Waals surface area contributed by atoms with Crippen LogP contribution in [0.4, 0.5) is 13.2 Å². The van der Waals surface area contributed by atoms with Crippen molar-refractivity contribution in [1.29, 1.82) is 0 Å². The average molecular weight is 352 g/mol. The van der Waals surface area contributed by atoms with Crippen LogP contribution in [0, 0.1) is 0 Å². The minimum atomic E-state index is -4.33. The quantitative estimate of drug-likeness (QED) is 0.826. The molecule has 25 heavy (non-hydrogen) atoms. The standard InChI is InChI=1S/C18H19F3N2O2/c19-18(20,21)17-12-23(8-9-24-17)11-14-4-3-6-16(10-14)25-13-15-5-1-2-7-22-15/h1-7,10,17H,8-9,11-13H2. The van der Waals surface area contributed by atoms with Crippen LogP contribution in [0.3, 0.4) is 0 Å². The third-order valence-corrected chi connectivity index (χ3v) is 3.93. The van der Waals surface area contributed by atoms with Gasteiger partial charge in [-0.15, -0.1) is 0 Å². The lowest BCUT2D eigenvalue weighted by Crippen LogP contribution is -2.48. The van der Waals surface area contributed by atoms with Gasteiger partial charge in [0.1, 0.15) is 12.4 Å². The fraction of sp³-hybridized carbons (Fsp3) is 0.389. The van der Waals surface area contributed by atoms with Crippen molar-refractivity contribution in [3.05, 3.63) is 59.9 Å². The highest BCUT2D eigenvalue weighted by molar-refractivity contribution is 5.28. The number of nitrogens with zero attached hydrogens (tertiary/aromatic N) is 2. The Bertz CT molecular complexity index is 680. The van der Waals surface area contributed by atoms with Crippen molar-refractivity contribution >= 4 is 0 Å². The third-order valence-electron chi connectivity index (χ3n) is 3.93. The van der Waals surface area contributed by atoms with E-state index < -0.39 is 12.3 Å². The van der Waals surface area contributed by atoms with E-state index in [0.29, 0.717) is 25.4 Å². The molecule has 1 aliphatic rings. The number of alkyl halides is 3. The van der Waals surface area contributed by atoms with E-state index in [-0.39, 0.29) is 13.2 Å². The molecule has 1 aromatic heterocycles. The fourth-order valence-corrected chi connectivity index (χ4v) is 2.68. The Morgan fingerprint density at radius 1 is 1.20 bits per heavy atom. The smallest absolute Gasteiger partial charge is 0.415 e. The van der Waals surface area contributed by atoms with Crippen LogP contribution in [0.15, 0.2) is 48.7 Å². The highest BCUT2D eigenvalue weighted by Gasteiger charge is 2.43. The molecule has 1 atom stereocenters. The molecule has 0 bridgehead atoms. The minimum Gasteiger partial charge on any atom is -0.487 e. The van der Waals surface area contributed by atoms with Gasteiger partial charge in [0.25, 0.3) is 0 Å². The van der Waals surface area contributed by atoms with Gasteiger partial charge in [-0.25, -0.2) is 0 Å². The lowest BCUT2D eigenvalue weighted by Gasteiger charge is -2.33. The van der Waals surface area contributed by atoms with Gasteiger partial charge in [0, 0.05) is 25.8 Å². The molecule has 0 aliphatic carbocycles. The molecule has 0 saturated carbocycles. The number of hydrogen-bond acceptors (Lipinski definition) is 4. The number of hydrogen-bond donors (Lipinski definition) is 0. The van der Waals surface area contributed by atoms with Gasteiger partial charge in [-0.05, 0) is 29.8 Å². The number of rotatable bonds is 5. The van der Waals surface area contributed by atoms with Crippen LogP contribution < -0.4 is 4.74 Å². The second-order valence-electron chi connectivity index (χ2n) is 5.89. The third kappa shape index (κ3) is 5.17. The Labute approximate surface area is 144 Å². The summed E-state index contributed by atoms with van der Waals surface area (Å²) in [5, 5.41) is 0. The zero-order chi connectivity index (χ0) is 17.7. The monoisotopic (exact) mass is 352 g/mol. The summed E-state index contributed by atoms with van der Waals surface area (Å²) in [6, 6.07) is 13.0. The number of aromatic nitrogens is 1. The molecule has 0 radical (unpaired) electrons. The van der Waals surface area contributed by atoms with Gasteiger partial charge < -0.3 is 9.47 Å². The molecule has 4 nitrogen and oxygen atoms in total. The average Bonchev–Trinajstić information content (AvgIpc) is 2.61. The number of halogens is 3. The first-order valence-electron chi connectivity index (χ1n) is 8.03. The van der Waals surface area contributed by atoms with Crippen LogP contribution in [0.1, 0.15) is 11.3 Å². The number of ether oxygens (including phenoxy) is 2.